The van der Waals surface area contributed by atoms with Crippen LogP contribution < -0.4 is 10.8 Å². The van der Waals surface area contributed by atoms with Gasteiger partial charge in [0.1, 0.15) is 5.82 Å². The topological polar surface area (TPSA) is 47.6 Å². The molecule has 1 aliphatic heterocycles. The molecule has 0 spiro atoms. The fourth-order valence-corrected chi connectivity index (χ4v) is 2.13. The zero-order valence-electron chi connectivity index (χ0n) is 13.1. The van der Waals surface area contributed by atoms with Gasteiger partial charge in [-0.15, -0.1) is 0 Å². The summed E-state index contributed by atoms with van der Waals surface area (Å²) in [7, 11) is 0.806. The second kappa shape index (κ2) is 5.42. The second-order valence-corrected chi connectivity index (χ2v) is 6.29. The normalized spacial score (nSPS) is 19.6. The van der Waals surface area contributed by atoms with Crippen LogP contribution in [0, 0.1) is 5.82 Å². The van der Waals surface area contributed by atoms with Gasteiger partial charge in [-0.05, 0) is 39.3 Å². The number of hydrogen-bond acceptors (Lipinski definition) is 3. The summed E-state index contributed by atoms with van der Waals surface area (Å²) in [6.07, 6.45) is 0.198. The molecule has 1 aliphatic rings. The molecule has 1 fully saturated rings. The molecule has 1 amide bonds. The largest absolute Gasteiger partial charge is 0.497 e. The maximum Gasteiger partial charge on any atom is 0.497 e. The third kappa shape index (κ3) is 3.11. The minimum atomic E-state index is -0.764. The van der Waals surface area contributed by atoms with Crippen LogP contribution in [-0.4, -0.2) is 31.3 Å². The third-order valence-corrected chi connectivity index (χ3v) is 4.21. The predicted molar refractivity (Wildman–Crippen MR) is 79.9 cm³/mol. The van der Waals surface area contributed by atoms with Crippen molar-refractivity contribution in [3.05, 3.63) is 29.6 Å². The van der Waals surface area contributed by atoms with Gasteiger partial charge in [0.2, 0.25) is 5.91 Å². The van der Waals surface area contributed by atoms with E-state index in [0.717, 1.165) is 5.56 Å². The average molecular weight is 293 g/mol. The van der Waals surface area contributed by atoms with E-state index in [2.05, 4.69) is 5.32 Å². The Bertz CT molecular complexity index is 544. The van der Waals surface area contributed by atoms with Crippen molar-refractivity contribution in [3.63, 3.8) is 0 Å². The number of halogens is 1. The lowest BCUT2D eigenvalue weighted by Gasteiger charge is -2.32. The minimum absolute atomic E-state index is 0.124. The van der Waals surface area contributed by atoms with Crippen LogP contribution in [0.3, 0.4) is 0 Å². The summed E-state index contributed by atoms with van der Waals surface area (Å²) >= 11 is 0. The summed E-state index contributed by atoms with van der Waals surface area (Å²) in [6.45, 7) is 7.66. The van der Waals surface area contributed by atoms with Crippen LogP contribution in [0.25, 0.3) is 0 Å². The van der Waals surface area contributed by atoms with Crippen molar-refractivity contribution >= 4 is 18.5 Å². The minimum Gasteiger partial charge on any atom is -0.399 e. The molecule has 1 N–H and O–H groups in total. The molecule has 1 heterocycles. The van der Waals surface area contributed by atoms with Crippen LogP contribution in [0.2, 0.25) is 0 Å². The number of carbonyl (C=O) groups is 1. The first-order chi connectivity index (χ1) is 9.66. The quantitative estimate of drug-likeness (QED) is 0.857. The summed E-state index contributed by atoms with van der Waals surface area (Å²) in [6, 6.07) is 4.57. The smallest absolute Gasteiger partial charge is 0.399 e. The Morgan fingerprint density at radius 2 is 1.81 bits per heavy atom. The van der Waals surface area contributed by atoms with E-state index in [1.165, 1.54) is 6.07 Å². The Kier molecular flexibility index (Phi) is 4.13. The Morgan fingerprint density at radius 1 is 1.24 bits per heavy atom. The van der Waals surface area contributed by atoms with Crippen molar-refractivity contribution in [2.45, 2.75) is 45.3 Å². The number of benzene rings is 1. The molecule has 1 aromatic carbocycles. The molecule has 0 aromatic heterocycles. The van der Waals surface area contributed by atoms with Crippen molar-refractivity contribution in [1.82, 2.24) is 5.32 Å². The summed E-state index contributed by atoms with van der Waals surface area (Å²) < 4.78 is 25.8. The maximum absolute atomic E-state index is 14.1. The molecule has 0 bridgehead atoms. The fourth-order valence-electron chi connectivity index (χ4n) is 2.13. The molecule has 6 heteroatoms. The number of amides is 1. The molecule has 4 nitrogen and oxygen atoms in total. The zero-order chi connectivity index (χ0) is 15.8. The number of carbonyl (C=O) groups excluding carboxylic acids is 1. The zero-order valence-corrected chi connectivity index (χ0v) is 13.1. The summed E-state index contributed by atoms with van der Waals surface area (Å²) in [5.74, 6) is -0.518. The van der Waals surface area contributed by atoms with Crippen LogP contribution in [0.5, 0.6) is 0 Å². The molecule has 114 valence electrons. The van der Waals surface area contributed by atoms with Gasteiger partial charge in [-0.25, -0.2) is 4.39 Å². The van der Waals surface area contributed by atoms with Crippen molar-refractivity contribution in [2.75, 3.05) is 7.05 Å². The first kappa shape index (κ1) is 16.0. The highest BCUT2D eigenvalue weighted by molar-refractivity contribution is 6.62. The van der Waals surface area contributed by atoms with Gasteiger partial charge in [0.25, 0.3) is 0 Å². The fraction of sp³-hybridized carbons (Fsp3) is 0.533. The van der Waals surface area contributed by atoms with Gasteiger partial charge in [-0.2, -0.15) is 0 Å². The first-order valence-electron chi connectivity index (χ1n) is 7.01. The summed E-state index contributed by atoms with van der Waals surface area (Å²) in [5.41, 5.74) is -0.00236. The number of likely N-dealkylation sites (N-methyl/N-ethyl adjacent to an activating group) is 1. The van der Waals surface area contributed by atoms with Gasteiger partial charge in [-0.3, -0.25) is 4.79 Å². The maximum atomic E-state index is 14.1. The number of nitrogens with one attached hydrogen (secondary N) is 1. The lowest BCUT2D eigenvalue weighted by molar-refractivity contribution is -0.119. The Hall–Kier alpha value is -1.40. The second-order valence-electron chi connectivity index (χ2n) is 6.29. The van der Waals surface area contributed by atoms with Crippen LogP contribution in [0.15, 0.2) is 18.2 Å². The highest BCUT2D eigenvalue weighted by Crippen LogP contribution is 2.36. The van der Waals surface area contributed by atoms with Gasteiger partial charge in [-0.1, -0.05) is 12.1 Å². The molecule has 2 rings (SSSR count). The molecule has 0 unspecified atom stereocenters. The van der Waals surface area contributed by atoms with Gasteiger partial charge in [0.15, 0.2) is 0 Å². The van der Waals surface area contributed by atoms with Gasteiger partial charge in [0, 0.05) is 12.5 Å². The molecular weight excluding hydrogens is 272 g/mol. The lowest BCUT2D eigenvalue weighted by atomic mass is 9.77. The van der Waals surface area contributed by atoms with Crippen molar-refractivity contribution in [2.24, 2.45) is 0 Å². The lowest BCUT2D eigenvalue weighted by Crippen LogP contribution is -2.41. The van der Waals surface area contributed by atoms with Crippen molar-refractivity contribution in [1.29, 1.82) is 0 Å². The monoisotopic (exact) mass is 293 g/mol. The van der Waals surface area contributed by atoms with E-state index in [1.807, 2.05) is 27.7 Å². The van der Waals surface area contributed by atoms with E-state index in [0.29, 0.717) is 5.46 Å². The Labute approximate surface area is 125 Å². The Morgan fingerprint density at radius 3 is 2.33 bits per heavy atom. The van der Waals surface area contributed by atoms with Crippen molar-refractivity contribution in [3.8, 4) is 0 Å². The molecule has 0 aliphatic carbocycles. The first-order valence-corrected chi connectivity index (χ1v) is 7.01. The van der Waals surface area contributed by atoms with Crippen LogP contribution in [-0.2, 0) is 20.5 Å². The van der Waals surface area contributed by atoms with Gasteiger partial charge in [0.05, 0.1) is 17.6 Å². The number of hydrogen-bond donors (Lipinski definition) is 1. The van der Waals surface area contributed by atoms with Crippen LogP contribution in [0.1, 0.15) is 33.3 Å². The van der Waals surface area contributed by atoms with E-state index in [-0.39, 0.29) is 12.3 Å². The van der Waals surface area contributed by atoms with E-state index < -0.39 is 24.1 Å². The number of rotatable bonds is 3. The van der Waals surface area contributed by atoms with Crippen LogP contribution >= 0.6 is 0 Å². The van der Waals surface area contributed by atoms with Gasteiger partial charge < -0.3 is 14.6 Å². The van der Waals surface area contributed by atoms with E-state index in [4.69, 9.17) is 9.31 Å². The highest BCUT2D eigenvalue weighted by atomic mass is 19.1. The molecular formula is C15H21BFNO3. The summed E-state index contributed by atoms with van der Waals surface area (Å²) in [4.78, 5) is 11.4. The SMILES string of the molecule is CNC(=O)Cc1ccc(F)c(B2OC(C)(C)C(C)(C)O2)c1. The molecule has 21 heavy (non-hydrogen) atoms. The molecule has 0 atom stereocenters. The predicted octanol–water partition coefficient (Wildman–Crippen LogP) is 1.41. The van der Waals surface area contributed by atoms with E-state index in [1.54, 1.807) is 19.2 Å². The highest BCUT2D eigenvalue weighted by Gasteiger charge is 2.52. The Balaban J connectivity index is 2.28. The third-order valence-electron chi connectivity index (χ3n) is 4.21. The molecule has 1 saturated heterocycles. The van der Waals surface area contributed by atoms with Gasteiger partial charge >= 0.3 is 7.12 Å². The van der Waals surface area contributed by atoms with Crippen LogP contribution in [0.4, 0.5) is 4.39 Å². The van der Waals surface area contributed by atoms with Crippen molar-refractivity contribution < 1.29 is 18.5 Å². The average Bonchev–Trinajstić information content (AvgIpc) is 2.60. The van der Waals surface area contributed by atoms with E-state index >= 15 is 0 Å². The van der Waals surface area contributed by atoms with E-state index in [9.17, 15) is 9.18 Å². The summed E-state index contributed by atoms with van der Waals surface area (Å²) in [5, 5.41) is 2.55. The molecule has 1 aromatic rings. The molecule has 0 radical (unpaired) electrons. The standard InChI is InChI=1S/C15H21BFNO3/c1-14(2)15(3,4)21-16(20-14)11-8-10(6-7-12(11)17)9-13(19)18-5/h6-8H,9H2,1-5H3,(H,18,19). The molecule has 0 saturated carbocycles.